The number of aliphatic hydroxyl groups excluding tert-OH is 1. The quantitative estimate of drug-likeness (QED) is 0.755. The van der Waals surface area contributed by atoms with Crippen LogP contribution in [0.25, 0.3) is 0 Å². The van der Waals surface area contributed by atoms with Gasteiger partial charge in [-0.15, -0.1) is 0 Å². The van der Waals surface area contributed by atoms with Crippen molar-refractivity contribution in [1.82, 2.24) is 0 Å². The predicted molar refractivity (Wildman–Crippen MR) is 78.6 cm³/mol. The van der Waals surface area contributed by atoms with E-state index in [4.69, 9.17) is 4.74 Å². The molecule has 1 rings (SSSR count). The van der Waals surface area contributed by atoms with Crippen LogP contribution in [0.1, 0.15) is 45.6 Å². The molecule has 1 aromatic carbocycles. The van der Waals surface area contributed by atoms with Crippen LogP contribution in [-0.4, -0.2) is 30.4 Å². The second-order valence-corrected chi connectivity index (χ2v) is 5.53. The summed E-state index contributed by atoms with van der Waals surface area (Å²) in [5, 5.41) is 12.0. The first-order valence-electron chi connectivity index (χ1n) is 7.27. The fourth-order valence-corrected chi connectivity index (χ4v) is 1.92. The van der Waals surface area contributed by atoms with Crippen LogP contribution in [0.3, 0.4) is 0 Å². The monoisotopic (exact) mass is 266 g/mol. The third-order valence-electron chi connectivity index (χ3n) is 3.37. The highest BCUT2D eigenvalue weighted by Gasteiger charge is 2.12. The van der Waals surface area contributed by atoms with Crippen molar-refractivity contribution >= 4 is 0 Å². The maximum atomic E-state index is 9.89. The summed E-state index contributed by atoms with van der Waals surface area (Å²) >= 11 is 0. The highest BCUT2D eigenvalue weighted by molar-refractivity contribution is 5.35. The van der Waals surface area contributed by atoms with E-state index in [0.717, 1.165) is 12.2 Å². The molecule has 108 valence electrons. The van der Waals surface area contributed by atoms with E-state index in [1.165, 1.54) is 5.56 Å². The van der Waals surface area contributed by atoms with Gasteiger partial charge in [-0.1, -0.05) is 32.0 Å². The van der Waals surface area contributed by atoms with Crippen LogP contribution in [0.2, 0.25) is 0 Å². The van der Waals surface area contributed by atoms with Gasteiger partial charge in [0.25, 0.3) is 0 Å². The molecule has 0 unspecified atom stereocenters. The molecule has 0 aliphatic heterocycles. The molecule has 0 fully saturated rings. The Kier molecular flexibility index (Phi) is 6.89. The molecule has 0 spiro atoms. The Bertz CT molecular complexity index is 366. The smallest absolute Gasteiger partial charge is 0.137 e. The lowest BCUT2D eigenvalue weighted by Gasteiger charge is -2.17. The average Bonchev–Trinajstić information content (AvgIpc) is 2.42. The van der Waals surface area contributed by atoms with Gasteiger partial charge in [-0.3, -0.25) is 0 Å². The topological polar surface area (TPSA) is 46.1 Å². The molecule has 19 heavy (non-hydrogen) atoms. The molecular weight excluding hydrogens is 238 g/mol. The number of para-hydroxylation sites is 1. The molecular formula is C16H28NO2+. The minimum atomic E-state index is -0.424. The fraction of sp³-hybridized carbons (Fsp3) is 0.625. The Morgan fingerprint density at radius 2 is 1.89 bits per heavy atom. The largest absolute Gasteiger partial charge is 0.490 e. The zero-order valence-corrected chi connectivity index (χ0v) is 12.6. The van der Waals surface area contributed by atoms with E-state index in [2.05, 4.69) is 39.1 Å². The van der Waals surface area contributed by atoms with Gasteiger partial charge in [0.1, 0.15) is 25.0 Å². The molecule has 0 bridgehead atoms. The van der Waals surface area contributed by atoms with Crippen molar-refractivity contribution in [3.05, 3.63) is 29.8 Å². The third-order valence-corrected chi connectivity index (χ3v) is 3.37. The Balaban J connectivity index is 2.53. The third kappa shape index (κ3) is 5.62. The van der Waals surface area contributed by atoms with Crippen LogP contribution < -0.4 is 10.1 Å². The van der Waals surface area contributed by atoms with E-state index in [9.17, 15) is 5.11 Å². The normalized spacial score (nSPS) is 14.4. The van der Waals surface area contributed by atoms with Gasteiger partial charge >= 0.3 is 0 Å². The molecule has 0 saturated carbocycles. The van der Waals surface area contributed by atoms with Crippen molar-refractivity contribution in [2.24, 2.45) is 0 Å². The first-order valence-corrected chi connectivity index (χ1v) is 7.27. The predicted octanol–water partition coefficient (Wildman–Crippen LogP) is 1.91. The lowest BCUT2D eigenvalue weighted by atomic mass is 9.98. The van der Waals surface area contributed by atoms with Gasteiger partial charge in [0.15, 0.2) is 0 Å². The minimum absolute atomic E-state index is 0.358. The Morgan fingerprint density at radius 1 is 1.21 bits per heavy atom. The number of hydrogen-bond donors (Lipinski definition) is 2. The van der Waals surface area contributed by atoms with E-state index in [1.807, 2.05) is 18.2 Å². The Morgan fingerprint density at radius 3 is 2.53 bits per heavy atom. The number of hydrogen-bond acceptors (Lipinski definition) is 2. The van der Waals surface area contributed by atoms with E-state index in [-0.39, 0.29) is 0 Å². The first kappa shape index (κ1) is 16.0. The lowest BCUT2D eigenvalue weighted by Crippen LogP contribution is -2.90. The average molecular weight is 266 g/mol. The summed E-state index contributed by atoms with van der Waals surface area (Å²) in [6, 6.07) is 8.61. The molecule has 0 saturated heterocycles. The summed E-state index contributed by atoms with van der Waals surface area (Å²) in [6.45, 7) is 9.65. The van der Waals surface area contributed by atoms with Crippen LogP contribution in [0.15, 0.2) is 24.3 Å². The van der Waals surface area contributed by atoms with Crippen LogP contribution in [-0.2, 0) is 0 Å². The van der Waals surface area contributed by atoms with Gasteiger partial charge in [0.05, 0.1) is 6.04 Å². The van der Waals surface area contributed by atoms with E-state index >= 15 is 0 Å². The van der Waals surface area contributed by atoms with Gasteiger partial charge in [-0.2, -0.15) is 0 Å². The van der Waals surface area contributed by atoms with Gasteiger partial charge in [0, 0.05) is 0 Å². The van der Waals surface area contributed by atoms with Crippen molar-refractivity contribution in [3.63, 3.8) is 0 Å². The van der Waals surface area contributed by atoms with Gasteiger partial charge < -0.3 is 15.2 Å². The highest BCUT2D eigenvalue weighted by atomic mass is 16.5. The van der Waals surface area contributed by atoms with Crippen LogP contribution in [0, 0.1) is 0 Å². The maximum absolute atomic E-state index is 9.89. The summed E-state index contributed by atoms with van der Waals surface area (Å²) in [6.07, 6.45) is 0.664. The molecule has 2 atom stereocenters. The maximum Gasteiger partial charge on any atom is 0.137 e. The number of ether oxygens (including phenoxy) is 1. The summed E-state index contributed by atoms with van der Waals surface area (Å²) in [5.41, 5.74) is 1.23. The standard InChI is InChI=1S/C16H27NO2/c1-5-13(4)15-8-6-7-9-16(15)19-11-14(18)10-17-12(2)3/h6-9,12-14,17-18H,5,10-11H2,1-4H3/p+1/t13-,14-/m1/s1. The highest BCUT2D eigenvalue weighted by Crippen LogP contribution is 2.28. The molecule has 3 nitrogen and oxygen atoms in total. The molecule has 0 radical (unpaired) electrons. The SMILES string of the molecule is CC[C@@H](C)c1ccccc1OC[C@H](O)C[NH2+]C(C)C. The van der Waals surface area contributed by atoms with Crippen molar-refractivity contribution < 1.29 is 15.2 Å². The van der Waals surface area contributed by atoms with Crippen LogP contribution in [0.4, 0.5) is 0 Å². The molecule has 0 aliphatic rings. The van der Waals surface area contributed by atoms with Crippen molar-refractivity contribution in [2.45, 2.75) is 52.2 Å². The number of rotatable bonds is 8. The molecule has 0 amide bonds. The van der Waals surface area contributed by atoms with E-state index < -0.39 is 6.10 Å². The summed E-state index contributed by atoms with van der Waals surface area (Å²) in [5.74, 6) is 1.39. The zero-order chi connectivity index (χ0) is 14.3. The van der Waals surface area contributed by atoms with Gasteiger partial charge in [-0.25, -0.2) is 0 Å². The van der Waals surface area contributed by atoms with Crippen molar-refractivity contribution in [3.8, 4) is 5.75 Å². The summed E-state index contributed by atoms with van der Waals surface area (Å²) in [7, 11) is 0. The Hall–Kier alpha value is -1.06. The summed E-state index contributed by atoms with van der Waals surface area (Å²) < 4.78 is 5.78. The van der Waals surface area contributed by atoms with Crippen LogP contribution in [0.5, 0.6) is 5.75 Å². The molecule has 3 heteroatoms. The van der Waals surface area contributed by atoms with E-state index in [1.54, 1.807) is 0 Å². The molecule has 0 heterocycles. The van der Waals surface area contributed by atoms with E-state index in [0.29, 0.717) is 25.1 Å². The van der Waals surface area contributed by atoms with Crippen molar-refractivity contribution in [1.29, 1.82) is 0 Å². The zero-order valence-electron chi connectivity index (χ0n) is 12.6. The van der Waals surface area contributed by atoms with Crippen LogP contribution >= 0.6 is 0 Å². The second-order valence-electron chi connectivity index (χ2n) is 5.53. The molecule has 1 aromatic rings. The molecule has 0 aromatic heterocycles. The number of quaternary nitrogens is 1. The van der Waals surface area contributed by atoms with Crippen molar-refractivity contribution in [2.75, 3.05) is 13.2 Å². The van der Waals surface area contributed by atoms with Gasteiger partial charge in [0.2, 0.25) is 0 Å². The molecule has 0 aliphatic carbocycles. The minimum Gasteiger partial charge on any atom is -0.490 e. The van der Waals surface area contributed by atoms with Gasteiger partial charge in [-0.05, 0) is 37.8 Å². The number of aliphatic hydroxyl groups is 1. The molecule has 3 N–H and O–H groups in total. The Labute approximate surface area is 117 Å². The first-order chi connectivity index (χ1) is 9.04. The number of nitrogens with two attached hydrogens (primary N) is 1. The fourth-order valence-electron chi connectivity index (χ4n) is 1.92. The second kappa shape index (κ2) is 8.18. The summed E-state index contributed by atoms with van der Waals surface area (Å²) in [4.78, 5) is 0. The number of benzene rings is 1. The lowest BCUT2D eigenvalue weighted by molar-refractivity contribution is -0.688.